The number of imidazole rings is 1. The van der Waals surface area contributed by atoms with Crippen LogP contribution in [-0.4, -0.2) is 31.4 Å². The van der Waals surface area contributed by atoms with Gasteiger partial charge in [0.2, 0.25) is 0 Å². The van der Waals surface area contributed by atoms with E-state index in [1.807, 2.05) is 25.4 Å². The third-order valence-electron chi connectivity index (χ3n) is 3.41. The maximum atomic E-state index is 4.55. The maximum absolute atomic E-state index is 4.55. The Labute approximate surface area is 106 Å². The molecule has 1 N–H and O–H groups in total. The molecule has 1 atom stereocenters. The third-order valence-corrected chi connectivity index (χ3v) is 3.41. The number of aryl methyl sites for hydroxylation is 1. The molecule has 18 heavy (non-hydrogen) atoms. The van der Waals surface area contributed by atoms with E-state index in [0.717, 1.165) is 36.9 Å². The van der Waals surface area contributed by atoms with Crippen LogP contribution in [0.3, 0.4) is 0 Å². The summed E-state index contributed by atoms with van der Waals surface area (Å²) in [6.45, 7) is 3.91. The standard InChI is InChI=1S/C13H17N5/c1-10-14-5-4-11(17-10)12-3-2-8-18(12)9-13-15-6-7-16-13/h4-7,12H,2-3,8-9H2,1H3,(H,15,16). The topological polar surface area (TPSA) is 57.7 Å². The molecule has 2 aromatic rings. The maximum Gasteiger partial charge on any atom is 0.125 e. The molecule has 0 aromatic carbocycles. The van der Waals surface area contributed by atoms with Gasteiger partial charge in [-0.3, -0.25) is 4.90 Å². The normalized spacial score (nSPS) is 20.4. The first kappa shape index (κ1) is 11.3. The SMILES string of the molecule is Cc1nccc(C2CCCN2Cc2ncc[nH]2)n1. The van der Waals surface area contributed by atoms with Crippen molar-refractivity contribution in [2.45, 2.75) is 32.4 Å². The largest absolute Gasteiger partial charge is 0.348 e. The number of likely N-dealkylation sites (tertiary alicyclic amines) is 1. The fourth-order valence-electron chi connectivity index (χ4n) is 2.59. The zero-order chi connectivity index (χ0) is 12.4. The molecule has 0 spiro atoms. The molecule has 0 aliphatic carbocycles. The monoisotopic (exact) mass is 243 g/mol. The molecular formula is C13H17N5. The Hall–Kier alpha value is -1.75. The molecule has 5 heteroatoms. The number of H-pyrrole nitrogens is 1. The van der Waals surface area contributed by atoms with E-state index in [4.69, 9.17) is 0 Å². The number of aromatic amines is 1. The molecule has 3 heterocycles. The number of nitrogens with one attached hydrogen (secondary N) is 1. The molecule has 5 nitrogen and oxygen atoms in total. The summed E-state index contributed by atoms with van der Waals surface area (Å²) in [6.07, 6.45) is 7.90. The van der Waals surface area contributed by atoms with Crippen LogP contribution in [0.4, 0.5) is 0 Å². The lowest BCUT2D eigenvalue weighted by Crippen LogP contribution is -2.24. The molecule has 1 fully saturated rings. The first-order valence-electron chi connectivity index (χ1n) is 6.35. The Bertz CT molecular complexity index is 508. The first-order chi connectivity index (χ1) is 8.83. The highest BCUT2D eigenvalue weighted by molar-refractivity contribution is 5.09. The zero-order valence-electron chi connectivity index (χ0n) is 10.5. The van der Waals surface area contributed by atoms with Crippen LogP contribution in [0.1, 0.15) is 36.2 Å². The molecule has 94 valence electrons. The van der Waals surface area contributed by atoms with E-state index in [2.05, 4.69) is 24.8 Å². The van der Waals surface area contributed by atoms with Crippen molar-refractivity contribution in [1.29, 1.82) is 0 Å². The molecule has 1 aliphatic rings. The summed E-state index contributed by atoms with van der Waals surface area (Å²) in [5.41, 5.74) is 1.13. The average molecular weight is 243 g/mol. The van der Waals surface area contributed by atoms with E-state index in [9.17, 15) is 0 Å². The van der Waals surface area contributed by atoms with Crippen molar-refractivity contribution in [1.82, 2.24) is 24.8 Å². The lowest BCUT2D eigenvalue weighted by molar-refractivity contribution is 0.238. The van der Waals surface area contributed by atoms with Crippen molar-refractivity contribution >= 4 is 0 Å². The molecular weight excluding hydrogens is 226 g/mol. The van der Waals surface area contributed by atoms with Gasteiger partial charge in [-0.05, 0) is 32.4 Å². The minimum Gasteiger partial charge on any atom is -0.348 e. The van der Waals surface area contributed by atoms with Gasteiger partial charge in [-0.15, -0.1) is 0 Å². The number of hydrogen-bond donors (Lipinski definition) is 1. The van der Waals surface area contributed by atoms with Crippen LogP contribution in [0, 0.1) is 6.92 Å². The summed E-state index contributed by atoms with van der Waals surface area (Å²) in [6, 6.07) is 2.43. The second-order valence-corrected chi connectivity index (χ2v) is 4.69. The quantitative estimate of drug-likeness (QED) is 0.893. The van der Waals surface area contributed by atoms with Gasteiger partial charge >= 0.3 is 0 Å². The fraction of sp³-hybridized carbons (Fsp3) is 0.462. The molecule has 1 saturated heterocycles. The van der Waals surface area contributed by atoms with E-state index in [1.165, 1.54) is 6.42 Å². The van der Waals surface area contributed by atoms with Crippen LogP contribution in [-0.2, 0) is 6.54 Å². The molecule has 1 unspecified atom stereocenters. The van der Waals surface area contributed by atoms with Crippen molar-refractivity contribution in [3.63, 3.8) is 0 Å². The highest BCUT2D eigenvalue weighted by atomic mass is 15.2. The predicted molar refractivity (Wildman–Crippen MR) is 67.7 cm³/mol. The minimum atomic E-state index is 0.400. The van der Waals surface area contributed by atoms with Crippen molar-refractivity contribution < 1.29 is 0 Å². The van der Waals surface area contributed by atoms with Crippen LogP contribution in [0.2, 0.25) is 0 Å². The van der Waals surface area contributed by atoms with Crippen LogP contribution in [0.5, 0.6) is 0 Å². The Morgan fingerprint density at radius 3 is 3.11 bits per heavy atom. The Morgan fingerprint density at radius 1 is 1.39 bits per heavy atom. The van der Waals surface area contributed by atoms with Gasteiger partial charge in [0.15, 0.2) is 0 Å². The van der Waals surface area contributed by atoms with Gasteiger partial charge in [0, 0.05) is 18.6 Å². The van der Waals surface area contributed by atoms with E-state index >= 15 is 0 Å². The van der Waals surface area contributed by atoms with Crippen molar-refractivity contribution in [2.24, 2.45) is 0 Å². The fourth-order valence-corrected chi connectivity index (χ4v) is 2.59. The Morgan fingerprint density at radius 2 is 2.33 bits per heavy atom. The minimum absolute atomic E-state index is 0.400. The number of nitrogens with zero attached hydrogens (tertiary/aromatic N) is 4. The summed E-state index contributed by atoms with van der Waals surface area (Å²) >= 11 is 0. The van der Waals surface area contributed by atoms with Crippen molar-refractivity contribution in [3.05, 3.63) is 42.0 Å². The number of rotatable bonds is 3. The number of aromatic nitrogens is 4. The van der Waals surface area contributed by atoms with E-state index in [-0.39, 0.29) is 0 Å². The summed E-state index contributed by atoms with van der Waals surface area (Å²) in [4.78, 5) is 18.6. The van der Waals surface area contributed by atoms with Gasteiger partial charge in [0.25, 0.3) is 0 Å². The highest BCUT2D eigenvalue weighted by Gasteiger charge is 2.27. The summed E-state index contributed by atoms with van der Waals surface area (Å²) < 4.78 is 0. The van der Waals surface area contributed by atoms with Gasteiger partial charge in [-0.2, -0.15) is 0 Å². The Kier molecular flexibility index (Phi) is 3.06. The first-order valence-corrected chi connectivity index (χ1v) is 6.35. The molecule has 2 aromatic heterocycles. The highest BCUT2D eigenvalue weighted by Crippen LogP contribution is 2.31. The van der Waals surface area contributed by atoms with Crippen LogP contribution in [0.15, 0.2) is 24.7 Å². The van der Waals surface area contributed by atoms with E-state index in [0.29, 0.717) is 6.04 Å². The zero-order valence-corrected chi connectivity index (χ0v) is 10.5. The summed E-state index contributed by atoms with van der Waals surface area (Å²) in [5, 5.41) is 0. The van der Waals surface area contributed by atoms with Crippen LogP contribution >= 0.6 is 0 Å². The van der Waals surface area contributed by atoms with Crippen molar-refractivity contribution in [3.8, 4) is 0 Å². The van der Waals surface area contributed by atoms with Crippen LogP contribution < -0.4 is 0 Å². The smallest absolute Gasteiger partial charge is 0.125 e. The van der Waals surface area contributed by atoms with Gasteiger partial charge in [0.1, 0.15) is 11.6 Å². The van der Waals surface area contributed by atoms with Gasteiger partial charge in [-0.25, -0.2) is 15.0 Å². The third kappa shape index (κ3) is 2.26. The lowest BCUT2D eigenvalue weighted by Gasteiger charge is -2.22. The van der Waals surface area contributed by atoms with Crippen LogP contribution in [0.25, 0.3) is 0 Å². The molecule has 0 bridgehead atoms. The predicted octanol–water partition coefficient (Wildman–Crippen LogP) is 1.85. The molecule has 1 aliphatic heterocycles. The lowest BCUT2D eigenvalue weighted by atomic mass is 10.1. The molecule has 0 amide bonds. The van der Waals surface area contributed by atoms with Gasteiger partial charge < -0.3 is 4.98 Å². The summed E-state index contributed by atoms with van der Waals surface area (Å²) in [5.74, 6) is 1.87. The number of hydrogen-bond acceptors (Lipinski definition) is 4. The average Bonchev–Trinajstić information content (AvgIpc) is 3.01. The molecule has 3 rings (SSSR count). The van der Waals surface area contributed by atoms with E-state index < -0.39 is 0 Å². The second kappa shape index (κ2) is 4.86. The molecule has 0 radical (unpaired) electrons. The van der Waals surface area contributed by atoms with E-state index in [1.54, 1.807) is 6.20 Å². The molecule has 0 saturated carbocycles. The van der Waals surface area contributed by atoms with Gasteiger partial charge in [-0.1, -0.05) is 0 Å². The van der Waals surface area contributed by atoms with Crippen molar-refractivity contribution in [2.75, 3.05) is 6.54 Å². The summed E-state index contributed by atoms with van der Waals surface area (Å²) in [7, 11) is 0. The second-order valence-electron chi connectivity index (χ2n) is 4.69. The van der Waals surface area contributed by atoms with Gasteiger partial charge in [0.05, 0.1) is 18.3 Å². The Balaban J connectivity index is 1.79.